The zero-order valence-electron chi connectivity index (χ0n) is 17.9. The fraction of sp³-hybridized carbons (Fsp3) is 0.381. The maximum Gasteiger partial charge on any atom is 0.303 e. The first-order valence-corrected chi connectivity index (χ1v) is 13.4. The molecule has 11 heteroatoms. The lowest BCUT2D eigenvalue weighted by Gasteiger charge is -2.31. The molecule has 1 aliphatic rings. The normalized spacial score (nSPS) is 14.0. The van der Waals surface area contributed by atoms with Gasteiger partial charge in [0, 0.05) is 18.5 Å². The second-order valence-corrected chi connectivity index (χ2v) is 11.2. The molecule has 2 N–H and O–H groups in total. The summed E-state index contributed by atoms with van der Waals surface area (Å²) in [5.41, 5.74) is 2.09. The van der Waals surface area contributed by atoms with Crippen LogP contribution in [0.5, 0.6) is 5.75 Å². The number of aryl methyl sites for hydroxylation is 1. The number of hydrogen-bond donors (Lipinski definition) is 2. The van der Waals surface area contributed by atoms with Gasteiger partial charge in [0.2, 0.25) is 10.0 Å². The summed E-state index contributed by atoms with van der Waals surface area (Å²) in [4.78, 5) is 10.7. The smallest absolute Gasteiger partial charge is 0.303 e. The number of carboxylic acid groups (broad SMARTS) is 1. The van der Waals surface area contributed by atoms with Gasteiger partial charge < -0.3 is 9.84 Å². The molecule has 0 aromatic heterocycles. The van der Waals surface area contributed by atoms with Crippen molar-refractivity contribution in [2.75, 3.05) is 28.4 Å². The van der Waals surface area contributed by atoms with Crippen LogP contribution in [0.15, 0.2) is 41.3 Å². The molecule has 9 nitrogen and oxygen atoms in total. The van der Waals surface area contributed by atoms with Crippen LogP contribution < -0.4 is 13.8 Å². The topological polar surface area (TPSA) is 130 Å². The summed E-state index contributed by atoms with van der Waals surface area (Å²) in [6, 6.07) is 9.47. The third-order valence-corrected chi connectivity index (χ3v) is 7.43. The molecule has 0 amide bonds. The average Bonchev–Trinajstić information content (AvgIpc) is 2.70. The minimum atomic E-state index is -3.89. The lowest BCUT2D eigenvalue weighted by Crippen LogP contribution is -2.36. The first-order valence-electron chi connectivity index (χ1n) is 10.1. The molecule has 0 spiro atoms. The van der Waals surface area contributed by atoms with Crippen LogP contribution in [0, 0.1) is 6.92 Å². The van der Waals surface area contributed by atoms with Crippen molar-refractivity contribution in [3.63, 3.8) is 0 Å². The molecule has 0 aliphatic carbocycles. The van der Waals surface area contributed by atoms with Crippen molar-refractivity contribution in [3.8, 4) is 5.75 Å². The Balaban J connectivity index is 1.87. The van der Waals surface area contributed by atoms with Crippen molar-refractivity contribution < 1.29 is 31.5 Å². The highest BCUT2D eigenvalue weighted by Crippen LogP contribution is 2.37. The van der Waals surface area contributed by atoms with E-state index in [1.165, 1.54) is 16.4 Å². The highest BCUT2D eigenvalue weighted by molar-refractivity contribution is 7.93. The van der Waals surface area contributed by atoms with Gasteiger partial charge in [-0.05, 0) is 62.1 Å². The SMILES string of the molecule is Cc1cc(S(=O)(=O)N2CCCc3c(NS(C)(=O)=O)cccc32)ccc1OCCCC(=O)O. The molecule has 0 radical (unpaired) electrons. The summed E-state index contributed by atoms with van der Waals surface area (Å²) >= 11 is 0. The molecule has 0 unspecified atom stereocenters. The Hall–Kier alpha value is -2.79. The van der Waals surface area contributed by atoms with Gasteiger partial charge in [0.1, 0.15) is 5.75 Å². The number of fused-ring (bicyclic) bond motifs is 1. The molecule has 32 heavy (non-hydrogen) atoms. The Morgan fingerprint density at radius 3 is 2.59 bits per heavy atom. The lowest BCUT2D eigenvalue weighted by atomic mass is 10.0. The number of ether oxygens (including phenoxy) is 1. The minimum absolute atomic E-state index is 0.00391. The van der Waals surface area contributed by atoms with Crippen molar-refractivity contribution >= 4 is 37.4 Å². The van der Waals surface area contributed by atoms with E-state index in [1.54, 1.807) is 31.2 Å². The zero-order valence-corrected chi connectivity index (χ0v) is 19.5. The van der Waals surface area contributed by atoms with Crippen LogP contribution in [0.3, 0.4) is 0 Å². The second-order valence-electron chi connectivity index (χ2n) is 7.63. The van der Waals surface area contributed by atoms with E-state index in [-0.39, 0.29) is 24.5 Å². The van der Waals surface area contributed by atoms with Gasteiger partial charge in [-0.25, -0.2) is 16.8 Å². The first-order chi connectivity index (χ1) is 15.0. The van der Waals surface area contributed by atoms with Crippen LogP contribution in [-0.2, 0) is 31.3 Å². The third kappa shape index (κ3) is 5.52. The van der Waals surface area contributed by atoms with Crippen molar-refractivity contribution in [2.24, 2.45) is 0 Å². The number of rotatable bonds is 9. The van der Waals surface area contributed by atoms with E-state index >= 15 is 0 Å². The Labute approximate surface area is 188 Å². The highest BCUT2D eigenvalue weighted by atomic mass is 32.2. The van der Waals surface area contributed by atoms with Gasteiger partial charge in [-0.2, -0.15) is 0 Å². The van der Waals surface area contributed by atoms with Crippen molar-refractivity contribution in [1.29, 1.82) is 0 Å². The third-order valence-electron chi connectivity index (χ3n) is 5.03. The summed E-state index contributed by atoms with van der Waals surface area (Å²) in [6.07, 6.45) is 2.51. The number of carbonyl (C=O) groups is 1. The summed E-state index contributed by atoms with van der Waals surface area (Å²) in [6.45, 7) is 2.23. The fourth-order valence-electron chi connectivity index (χ4n) is 3.61. The molecule has 0 atom stereocenters. The fourth-order valence-corrected chi connectivity index (χ4v) is 5.82. The Morgan fingerprint density at radius 2 is 1.94 bits per heavy atom. The number of aliphatic carboxylic acids is 1. The minimum Gasteiger partial charge on any atom is -0.493 e. The molecule has 1 aliphatic heterocycles. The zero-order chi connectivity index (χ0) is 23.5. The average molecular weight is 483 g/mol. The quantitative estimate of drug-likeness (QED) is 0.526. The number of nitrogens with one attached hydrogen (secondary N) is 1. The van der Waals surface area contributed by atoms with E-state index in [0.717, 1.165) is 6.26 Å². The van der Waals surface area contributed by atoms with Gasteiger partial charge >= 0.3 is 5.97 Å². The van der Waals surface area contributed by atoms with E-state index in [2.05, 4.69) is 4.72 Å². The maximum absolute atomic E-state index is 13.4. The van der Waals surface area contributed by atoms with E-state index in [4.69, 9.17) is 9.84 Å². The number of benzene rings is 2. The van der Waals surface area contributed by atoms with Gasteiger partial charge in [0.05, 0.1) is 29.1 Å². The molecule has 1 heterocycles. The standard InChI is InChI=1S/C21H26N2O7S2/c1-15-14-16(10-11-20(15)30-13-5-9-21(24)25)32(28,29)23-12-4-6-17-18(22-31(2,26)27)7-3-8-19(17)23/h3,7-8,10-11,14,22H,4-6,9,12-13H2,1-2H3,(H,24,25). The number of sulfonamides is 2. The molecule has 0 fully saturated rings. The summed E-state index contributed by atoms with van der Waals surface area (Å²) in [5.74, 6) is -0.406. The van der Waals surface area contributed by atoms with Gasteiger partial charge in [-0.15, -0.1) is 0 Å². The molecular weight excluding hydrogens is 456 g/mol. The Kier molecular flexibility index (Phi) is 6.99. The number of nitrogens with zero attached hydrogens (tertiary/aromatic N) is 1. The monoisotopic (exact) mass is 482 g/mol. The largest absolute Gasteiger partial charge is 0.493 e. The summed E-state index contributed by atoms with van der Waals surface area (Å²) in [5, 5.41) is 8.70. The number of anilines is 2. The molecule has 0 saturated carbocycles. The van der Waals surface area contributed by atoms with E-state index in [9.17, 15) is 21.6 Å². The molecule has 0 saturated heterocycles. The predicted octanol–water partition coefficient (Wildman–Crippen LogP) is 2.75. The second kappa shape index (κ2) is 9.37. The van der Waals surface area contributed by atoms with Crippen LogP contribution in [0.2, 0.25) is 0 Å². The predicted molar refractivity (Wildman–Crippen MR) is 121 cm³/mol. The van der Waals surface area contributed by atoms with Gasteiger partial charge in [0.25, 0.3) is 10.0 Å². The lowest BCUT2D eigenvalue weighted by molar-refractivity contribution is -0.137. The molecular formula is C21H26N2O7S2. The Morgan fingerprint density at radius 1 is 1.19 bits per heavy atom. The summed E-state index contributed by atoms with van der Waals surface area (Å²) < 4.78 is 59.6. The molecule has 2 aromatic rings. The molecule has 174 valence electrons. The van der Waals surface area contributed by atoms with Gasteiger partial charge in [-0.1, -0.05) is 6.07 Å². The highest BCUT2D eigenvalue weighted by Gasteiger charge is 2.31. The molecule has 3 rings (SSSR count). The van der Waals surface area contributed by atoms with Crippen LogP contribution in [0.1, 0.15) is 30.4 Å². The van der Waals surface area contributed by atoms with Crippen molar-refractivity contribution in [2.45, 2.75) is 37.5 Å². The van der Waals surface area contributed by atoms with Crippen LogP contribution in [-0.4, -0.2) is 47.3 Å². The van der Waals surface area contributed by atoms with Crippen LogP contribution in [0.4, 0.5) is 11.4 Å². The summed E-state index contributed by atoms with van der Waals surface area (Å²) in [7, 11) is -7.39. The van der Waals surface area contributed by atoms with E-state index in [1.807, 2.05) is 0 Å². The van der Waals surface area contributed by atoms with E-state index < -0.39 is 26.0 Å². The molecule has 0 bridgehead atoms. The first kappa shape index (κ1) is 23.9. The van der Waals surface area contributed by atoms with Gasteiger partial charge in [0.15, 0.2) is 0 Å². The van der Waals surface area contributed by atoms with E-state index in [0.29, 0.717) is 47.5 Å². The van der Waals surface area contributed by atoms with Crippen LogP contribution >= 0.6 is 0 Å². The number of carboxylic acids is 1. The Bertz CT molecular complexity index is 1220. The van der Waals surface area contributed by atoms with Gasteiger partial charge in [-0.3, -0.25) is 13.8 Å². The maximum atomic E-state index is 13.4. The van der Waals surface area contributed by atoms with Crippen LogP contribution in [0.25, 0.3) is 0 Å². The van der Waals surface area contributed by atoms with Crippen molar-refractivity contribution in [3.05, 3.63) is 47.5 Å². The number of hydrogen-bond acceptors (Lipinski definition) is 6. The molecule has 2 aromatic carbocycles. The van der Waals surface area contributed by atoms with Crippen molar-refractivity contribution in [1.82, 2.24) is 0 Å².